The van der Waals surface area contributed by atoms with Gasteiger partial charge in [-0.3, -0.25) is 4.79 Å². The van der Waals surface area contributed by atoms with Crippen LogP contribution in [0.15, 0.2) is 12.4 Å². The summed E-state index contributed by atoms with van der Waals surface area (Å²) in [6, 6.07) is 2.04. The maximum Gasteiger partial charge on any atom is 0.254 e. The van der Waals surface area contributed by atoms with Gasteiger partial charge in [-0.05, 0) is 44.7 Å². The van der Waals surface area contributed by atoms with Crippen LogP contribution in [0.5, 0.6) is 0 Å². The molecular formula is C19H31Cl2N7O. The fourth-order valence-electron chi connectivity index (χ4n) is 4.26. The average Bonchev–Trinajstić information content (AvgIpc) is 3.16. The Morgan fingerprint density at radius 1 is 1.28 bits per heavy atom. The summed E-state index contributed by atoms with van der Waals surface area (Å²) in [5.41, 5.74) is 0.930. The third-order valence-electron chi connectivity index (χ3n) is 5.95. The van der Waals surface area contributed by atoms with Gasteiger partial charge in [0.2, 0.25) is 5.91 Å². The SMILES string of the molecule is Cc1cc(N2CCN(C(=O)CC(C)C3CCCNC3)CC2)n2ncnc2n1.Cl.Cl. The highest BCUT2D eigenvalue weighted by Gasteiger charge is 2.27. The Hall–Kier alpha value is -1.64. The van der Waals surface area contributed by atoms with E-state index >= 15 is 0 Å². The molecule has 4 rings (SSSR count). The largest absolute Gasteiger partial charge is 0.353 e. The Kier molecular flexibility index (Phi) is 8.48. The van der Waals surface area contributed by atoms with Crippen LogP contribution in [0.4, 0.5) is 5.82 Å². The minimum absolute atomic E-state index is 0. The predicted molar refractivity (Wildman–Crippen MR) is 118 cm³/mol. The molecule has 2 aromatic heterocycles. The molecule has 0 spiro atoms. The van der Waals surface area contributed by atoms with Crippen molar-refractivity contribution in [3.8, 4) is 0 Å². The van der Waals surface area contributed by atoms with Gasteiger partial charge in [-0.15, -0.1) is 24.8 Å². The van der Waals surface area contributed by atoms with E-state index in [1.807, 2.05) is 17.9 Å². The van der Waals surface area contributed by atoms with Crippen LogP contribution in [0.25, 0.3) is 5.78 Å². The van der Waals surface area contributed by atoms with Crippen molar-refractivity contribution >= 4 is 42.3 Å². The lowest BCUT2D eigenvalue weighted by Gasteiger charge is -2.37. The molecule has 1 amide bonds. The second-order valence-corrected chi connectivity index (χ2v) is 7.88. The number of anilines is 1. The first-order chi connectivity index (χ1) is 13.1. The Morgan fingerprint density at radius 3 is 2.72 bits per heavy atom. The van der Waals surface area contributed by atoms with Crippen molar-refractivity contribution in [1.29, 1.82) is 0 Å². The molecule has 0 bridgehead atoms. The topological polar surface area (TPSA) is 78.7 Å². The third-order valence-corrected chi connectivity index (χ3v) is 5.95. The molecule has 0 aromatic carbocycles. The molecule has 2 fully saturated rings. The van der Waals surface area contributed by atoms with E-state index in [2.05, 4.69) is 32.2 Å². The van der Waals surface area contributed by atoms with E-state index in [0.717, 1.165) is 50.8 Å². The van der Waals surface area contributed by atoms with Gasteiger partial charge < -0.3 is 15.1 Å². The van der Waals surface area contributed by atoms with Gasteiger partial charge in [-0.2, -0.15) is 14.6 Å². The van der Waals surface area contributed by atoms with Crippen molar-refractivity contribution in [3.63, 3.8) is 0 Å². The van der Waals surface area contributed by atoms with E-state index in [1.54, 1.807) is 4.52 Å². The van der Waals surface area contributed by atoms with Crippen LogP contribution >= 0.6 is 24.8 Å². The highest BCUT2D eigenvalue weighted by Crippen LogP contribution is 2.24. The molecule has 1 N–H and O–H groups in total. The van der Waals surface area contributed by atoms with Crippen molar-refractivity contribution in [1.82, 2.24) is 29.8 Å². The van der Waals surface area contributed by atoms with Gasteiger partial charge in [-0.1, -0.05) is 6.92 Å². The highest BCUT2D eigenvalue weighted by molar-refractivity contribution is 5.85. The number of piperidine rings is 1. The van der Waals surface area contributed by atoms with Crippen molar-refractivity contribution in [3.05, 3.63) is 18.1 Å². The van der Waals surface area contributed by atoms with E-state index in [9.17, 15) is 4.79 Å². The van der Waals surface area contributed by atoms with Crippen LogP contribution in [-0.4, -0.2) is 69.7 Å². The molecule has 0 radical (unpaired) electrons. The van der Waals surface area contributed by atoms with E-state index < -0.39 is 0 Å². The minimum Gasteiger partial charge on any atom is -0.353 e. The molecule has 2 saturated heterocycles. The van der Waals surface area contributed by atoms with Crippen LogP contribution in [0.1, 0.15) is 31.9 Å². The molecular weight excluding hydrogens is 413 g/mol. The van der Waals surface area contributed by atoms with Gasteiger partial charge in [0.05, 0.1) is 0 Å². The summed E-state index contributed by atoms with van der Waals surface area (Å²) in [7, 11) is 0. The Labute approximate surface area is 184 Å². The van der Waals surface area contributed by atoms with Crippen LogP contribution < -0.4 is 10.2 Å². The summed E-state index contributed by atoms with van der Waals surface area (Å²) in [4.78, 5) is 25.7. The highest BCUT2D eigenvalue weighted by atomic mass is 35.5. The number of hydrogen-bond donors (Lipinski definition) is 1. The van der Waals surface area contributed by atoms with Crippen LogP contribution in [0.3, 0.4) is 0 Å². The maximum absolute atomic E-state index is 12.8. The minimum atomic E-state index is 0. The first-order valence-electron chi connectivity index (χ1n) is 10.0. The van der Waals surface area contributed by atoms with E-state index in [1.165, 1.54) is 19.2 Å². The van der Waals surface area contributed by atoms with E-state index in [0.29, 0.717) is 29.9 Å². The van der Waals surface area contributed by atoms with Gasteiger partial charge in [0.25, 0.3) is 5.78 Å². The Morgan fingerprint density at radius 2 is 2.03 bits per heavy atom. The quantitative estimate of drug-likeness (QED) is 0.777. The lowest BCUT2D eigenvalue weighted by Crippen LogP contribution is -2.50. The molecule has 2 atom stereocenters. The van der Waals surface area contributed by atoms with Gasteiger partial charge in [0.15, 0.2) is 0 Å². The van der Waals surface area contributed by atoms with Gasteiger partial charge >= 0.3 is 0 Å². The molecule has 8 nitrogen and oxygen atoms in total. The van der Waals surface area contributed by atoms with Crippen LogP contribution in [0, 0.1) is 18.8 Å². The van der Waals surface area contributed by atoms with Crippen LogP contribution in [0.2, 0.25) is 0 Å². The summed E-state index contributed by atoms with van der Waals surface area (Å²) < 4.78 is 1.78. The zero-order valence-corrected chi connectivity index (χ0v) is 18.7. The van der Waals surface area contributed by atoms with Crippen molar-refractivity contribution in [2.75, 3.05) is 44.2 Å². The van der Waals surface area contributed by atoms with Crippen LogP contribution in [-0.2, 0) is 4.79 Å². The molecule has 29 heavy (non-hydrogen) atoms. The lowest BCUT2D eigenvalue weighted by molar-refractivity contribution is -0.132. The number of piperazine rings is 1. The summed E-state index contributed by atoms with van der Waals surface area (Å²) in [6.45, 7) is 9.50. The monoisotopic (exact) mass is 443 g/mol. The van der Waals surface area contributed by atoms with Gasteiger partial charge in [-0.25, -0.2) is 4.98 Å². The molecule has 2 aliphatic heterocycles. The summed E-state index contributed by atoms with van der Waals surface area (Å²) in [5, 5.41) is 7.75. The molecule has 2 unspecified atom stereocenters. The molecule has 10 heteroatoms. The van der Waals surface area contributed by atoms with E-state index in [-0.39, 0.29) is 24.8 Å². The molecule has 0 saturated carbocycles. The van der Waals surface area contributed by atoms with Crippen molar-refractivity contribution in [2.45, 2.75) is 33.1 Å². The lowest BCUT2D eigenvalue weighted by atomic mass is 9.85. The second kappa shape index (κ2) is 10.4. The summed E-state index contributed by atoms with van der Waals surface area (Å²) in [5.74, 6) is 3.00. The normalized spacial score (nSPS) is 20.7. The first kappa shape index (κ1) is 23.6. The summed E-state index contributed by atoms with van der Waals surface area (Å²) in [6.07, 6.45) is 4.66. The fraction of sp³-hybridized carbons (Fsp3) is 0.684. The van der Waals surface area contributed by atoms with Gasteiger partial charge in [0.1, 0.15) is 12.1 Å². The second-order valence-electron chi connectivity index (χ2n) is 7.88. The molecule has 0 aliphatic carbocycles. The number of carbonyl (C=O) groups excluding carboxylic acids is 1. The zero-order chi connectivity index (χ0) is 18.8. The maximum atomic E-state index is 12.8. The molecule has 2 aromatic rings. The number of aryl methyl sites for hydroxylation is 1. The Balaban J connectivity index is 0.00000150. The number of fused-ring (bicyclic) bond motifs is 1. The zero-order valence-electron chi connectivity index (χ0n) is 17.1. The summed E-state index contributed by atoms with van der Waals surface area (Å²) >= 11 is 0. The predicted octanol–water partition coefficient (Wildman–Crippen LogP) is 1.95. The standard InChI is InChI=1S/C19H29N7O.2ClH/c1-14(16-4-3-5-20-12-16)10-18(27)25-8-6-24(7-9-25)17-11-15(2)23-19-21-13-22-26(17)19;;/h11,13-14,16,20H,3-10,12H2,1-2H3;2*1H. The number of carbonyl (C=O) groups is 1. The third kappa shape index (κ3) is 5.29. The Bertz CT molecular complexity index is 801. The fourth-order valence-corrected chi connectivity index (χ4v) is 4.26. The number of hydrogen-bond acceptors (Lipinski definition) is 6. The number of halogens is 2. The number of nitrogens with one attached hydrogen (secondary N) is 1. The molecule has 162 valence electrons. The number of aromatic nitrogens is 4. The van der Waals surface area contributed by atoms with Crippen molar-refractivity contribution in [2.24, 2.45) is 11.8 Å². The van der Waals surface area contributed by atoms with Gasteiger partial charge in [0, 0.05) is 44.4 Å². The number of amides is 1. The van der Waals surface area contributed by atoms with Crippen molar-refractivity contribution < 1.29 is 4.79 Å². The van der Waals surface area contributed by atoms with E-state index in [4.69, 9.17) is 0 Å². The first-order valence-corrected chi connectivity index (χ1v) is 10.0. The number of rotatable bonds is 4. The smallest absolute Gasteiger partial charge is 0.254 e. The number of nitrogens with zero attached hydrogens (tertiary/aromatic N) is 6. The average molecular weight is 444 g/mol. The molecule has 2 aliphatic rings. The molecule has 4 heterocycles.